The van der Waals surface area contributed by atoms with Gasteiger partial charge >= 0.3 is 5.97 Å². The summed E-state index contributed by atoms with van der Waals surface area (Å²) in [5.41, 5.74) is -0.160. The van der Waals surface area contributed by atoms with Crippen molar-refractivity contribution < 1.29 is 27.5 Å². The van der Waals surface area contributed by atoms with Gasteiger partial charge in [0, 0.05) is 27.8 Å². The molecule has 0 bridgehead atoms. The topological polar surface area (TPSA) is 91.8 Å². The van der Waals surface area contributed by atoms with E-state index < -0.39 is 57.4 Å². The highest BCUT2D eigenvalue weighted by molar-refractivity contribution is 7.91. The third-order valence-electron chi connectivity index (χ3n) is 6.92. The fourth-order valence-electron chi connectivity index (χ4n) is 5.14. The average molecular weight is 558 g/mol. The van der Waals surface area contributed by atoms with Gasteiger partial charge in [0.15, 0.2) is 9.84 Å². The van der Waals surface area contributed by atoms with Crippen LogP contribution in [0.15, 0.2) is 42.5 Å². The SMILES string of the molecule is CCC(CS(=O)(=O)CC)N1C(=O)C(C)(CC(=O)O)CC(c2cc(F)cc(Cl)c2)C1c1ccc(Cl)cc1. The van der Waals surface area contributed by atoms with Gasteiger partial charge in [0.25, 0.3) is 0 Å². The number of likely N-dealkylation sites (tertiary alicyclic amines) is 1. The number of carbonyl (C=O) groups excluding carboxylic acids is 1. The van der Waals surface area contributed by atoms with Crippen molar-refractivity contribution in [1.29, 1.82) is 0 Å². The van der Waals surface area contributed by atoms with E-state index in [1.54, 1.807) is 51.1 Å². The standard InChI is InChI=1S/C26H30Cl2FNO5S/c1-4-21(15-36(34,35)5-2)30-24(16-6-8-18(27)9-7-16)22(17-10-19(28)12-20(29)11-17)13-26(3,25(30)33)14-23(31)32/h6-12,21-22,24H,4-5,13-15H2,1-3H3,(H,31,32). The quantitative estimate of drug-likeness (QED) is 0.415. The summed E-state index contributed by atoms with van der Waals surface area (Å²) in [5.74, 6) is -3.07. The molecule has 1 aliphatic heterocycles. The third-order valence-corrected chi connectivity index (χ3v) is 9.16. The van der Waals surface area contributed by atoms with Crippen LogP contribution < -0.4 is 0 Å². The Kier molecular flexibility index (Phi) is 8.74. The Hall–Kier alpha value is -2.16. The lowest BCUT2D eigenvalue weighted by molar-refractivity contribution is -0.160. The van der Waals surface area contributed by atoms with E-state index in [1.807, 2.05) is 0 Å². The van der Waals surface area contributed by atoms with Crippen molar-refractivity contribution in [3.05, 3.63) is 69.5 Å². The van der Waals surface area contributed by atoms with Gasteiger partial charge in [-0.05, 0) is 54.3 Å². The largest absolute Gasteiger partial charge is 0.481 e. The Bertz CT molecular complexity index is 1220. The summed E-state index contributed by atoms with van der Waals surface area (Å²) in [6, 6.07) is 9.55. The van der Waals surface area contributed by atoms with E-state index in [4.69, 9.17) is 23.2 Å². The zero-order chi connectivity index (χ0) is 26.8. The van der Waals surface area contributed by atoms with Crippen molar-refractivity contribution in [2.24, 2.45) is 5.41 Å². The minimum atomic E-state index is -3.48. The van der Waals surface area contributed by atoms with Gasteiger partial charge in [-0.2, -0.15) is 0 Å². The maximum Gasteiger partial charge on any atom is 0.304 e. The fourth-order valence-corrected chi connectivity index (χ4v) is 6.71. The molecule has 6 nitrogen and oxygen atoms in total. The van der Waals surface area contributed by atoms with Crippen LogP contribution in [0.25, 0.3) is 0 Å². The molecule has 1 saturated heterocycles. The number of aliphatic carboxylic acids is 1. The molecule has 0 saturated carbocycles. The summed E-state index contributed by atoms with van der Waals surface area (Å²) in [5, 5.41) is 10.3. The van der Waals surface area contributed by atoms with Gasteiger partial charge in [0.2, 0.25) is 5.91 Å². The molecule has 4 atom stereocenters. The van der Waals surface area contributed by atoms with E-state index in [2.05, 4.69) is 0 Å². The highest BCUT2D eigenvalue weighted by Crippen LogP contribution is 2.52. The molecule has 0 aliphatic carbocycles. The van der Waals surface area contributed by atoms with Crippen LogP contribution in [0.4, 0.5) is 4.39 Å². The Morgan fingerprint density at radius 1 is 1.14 bits per heavy atom. The Labute approximate surface area is 221 Å². The molecule has 1 N–H and O–H groups in total. The van der Waals surface area contributed by atoms with Crippen molar-refractivity contribution in [2.45, 2.75) is 58.0 Å². The van der Waals surface area contributed by atoms with Crippen LogP contribution >= 0.6 is 23.2 Å². The second kappa shape index (κ2) is 11.1. The smallest absolute Gasteiger partial charge is 0.304 e. The number of benzene rings is 2. The molecule has 1 fully saturated rings. The van der Waals surface area contributed by atoms with Gasteiger partial charge in [-0.1, -0.05) is 56.1 Å². The molecule has 0 radical (unpaired) electrons. The van der Waals surface area contributed by atoms with Crippen LogP contribution in [0.5, 0.6) is 0 Å². The molecular formula is C26H30Cl2FNO5S. The summed E-state index contributed by atoms with van der Waals surface area (Å²) in [6.07, 6.45) is -0.0142. The number of sulfone groups is 1. The minimum Gasteiger partial charge on any atom is -0.481 e. The molecular weight excluding hydrogens is 528 g/mol. The minimum absolute atomic E-state index is 0.0908. The maximum absolute atomic E-state index is 14.5. The Morgan fingerprint density at radius 2 is 1.78 bits per heavy atom. The number of nitrogens with zero attached hydrogens (tertiary/aromatic N) is 1. The highest BCUT2D eigenvalue weighted by atomic mass is 35.5. The zero-order valence-electron chi connectivity index (χ0n) is 20.4. The molecule has 0 spiro atoms. The molecule has 0 aromatic heterocycles. The number of hydrogen-bond acceptors (Lipinski definition) is 4. The molecule has 10 heteroatoms. The van der Waals surface area contributed by atoms with Crippen molar-refractivity contribution in [3.8, 4) is 0 Å². The van der Waals surface area contributed by atoms with Gasteiger partial charge in [-0.25, -0.2) is 12.8 Å². The average Bonchev–Trinajstić information content (AvgIpc) is 2.79. The number of hydrogen-bond donors (Lipinski definition) is 1. The number of carbonyl (C=O) groups is 2. The predicted octanol–water partition coefficient (Wildman–Crippen LogP) is 5.88. The van der Waals surface area contributed by atoms with E-state index in [0.29, 0.717) is 22.6 Å². The van der Waals surface area contributed by atoms with Gasteiger partial charge in [0.05, 0.1) is 23.6 Å². The number of amides is 1. The molecule has 1 heterocycles. The van der Waals surface area contributed by atoms with Crippen LogP contribution in [0.2, 0.25) is 10.0 Å². The number of piperidine rings is 1. The van der Waals surface area contributed by atoms with Crippen LogP contribution in [0.1, 0.15) is 63.1 Å². The zero-order valence-corrected chi connectivity index (χ0v) is 22.7. The van der Waals surface area contributed by atoms with E-state index in [9.17, 15) is 27.5 Å². The molecule has 1 amide bonds. The Morgan fingerprint density at radius 3 is 2.31 bits per heavy atom. The van der Waals surface area contributed by atoms with E-state index in [1.165, 1.54) is 17.0 Å². The molecule has 4 unspecified atom stereocenters. The maximum atomic E-state index is 14.5. The first kappa shape index (κ1) is 28.4. The molecule has 36 heavy (non-hydrogen) atoms. The summed E-state index contributed by atoms with van der Waals surface area (Å²) in [7, 11) is -3.48. The second-order valence-electron chi connectivity index (χ2n) is 9.61. The first-order valence-electron chi connectivity index (χ1n) is 11.8. The molecule has 1 aliphatic rings. The summed E-state index contributed by atoms with van der Waals surface area (Å²) < 4.78 is 39.8. The lowest BCUT2D eigenvalue weighted by Gasteiger charge is -2.51. The summed E-state index contributed by atoms with van der Waals surface area (Å²) >= 11 is 12.3. The summed E-state index contributed by atoms with van der Waals surface area (Å²) in [6.45, 7) is 4.91. The summed E-state index contributed by atoms with van der Waals surface area (Å²) in [4.78, 5) is 27.4. The van der Waals surface area contributed by atoms with Crippen LogP contribution in [0.3, 0.4) is 0 Å². The first-order chi connectivity index (χ1) is 16.8. The number of rotatable bonds is 9. The lowest BCUT2D eigenvalue weighted by Crippen LogP contribution is -2.57. The van der Waals surface area contributed by atoms with Crippen molar-refractivity contribution in [1.82, 2.24) is 4.90 Å². The van der Waals surface area contributed by atoms with Crippen LogP contribution in [0, 0.1) is 11.2 Å². The van der Waals surface area contributed by atoms with Crippen molar-refractivity contribution in [3.63, 3.8) is 0 Å². The molecule has 2 aromatic carbocycles. The van der Waals surface area contributed by atoms with Gasteiger partial charge < -0.3 is 10.0 Å². The Balaban J connectivity index is 2.29. The van der Waals surface area contributed by atoms with E-state index >= 15 is 0 Å². The van der Waals surface area contributed by atoms with E-state index in [0.717, 1.165) is 0 Å². The van der Waals surface area contributed by atoms with Gasteiger partial charge in [-0.3, -0.25) is 9.59 Å². The lowest BCUT2D eigenvalue weighted by atomic mass is 9.67. The first-order valence-corrected chi connectivity index (χ1v) is 14.3. The highest BCUT2D eigenvalue weighted by Gasteiger charge is 2.52. The number of carboxylic acid groups (broad SMARTS) is 1. The van der Waals surface area contributed by atoms with Crippen molar-refractivity contribution in [2.75, 3.05) is 11.5 Å². The predicted molar refractivity (Wildman–Crippen MR) is 139 cm³/mol. The van der Waals surface area contributed by atoms with Crippen LogP contribution in [-0.2, 0) is 19.4 Å². The van der Waals surface area contributed by atoms with E-state index in [-0.39, 0.29) is 22.9 Å². The molecule has 3 rings (SSSR count). The van der Waals surface area contributed by atoms with Crippen LogP contribution in [-0.4, -0.2) is 47.8 Å². The van der Waals surface area contributed by atoms with Crippen molar-refractivity contribution >= 4 is 44.9 Å². The molecule has 2 aromatic rings. The third kappa shape index (κ3) is 6.21. The monoisotopic (exact) mass is 557 g/mol. The normalized spacial score (nSPS) is 23.5. The molecule has 196 valence electrons. The fraction of sp³-hybridized carbons (Fsp3) is 0.462. The number of carboxylic acids is 1. The van der Waals surface area contributed by atoms with Gasteiger partial charge in [-0.15, -0.1) is 0 Å². The van der Waals surface area contributed by atoms with Gasteiger partial charge in [0.1, 0.15) is 5.82 Å². The second-order valence-corrected chi connectivity index (χ2v) is 12.9. The number of halogens is 3.